The fourth-order valence-corrected chi connectivity index (χ4v) is 2.23. The van der Waals surface area contributed by atoms with E-state index in [1.807, 2.05) is 6.92 Å². The van der Waals surface area contributed by atoms with E-state index in [0.717, 1.165) is 6.61 Å². The van der Waals surface area contributed by atoms with Crippen LogP contribution in [-0.4, -0.2) is 24.2 Å². The van der Waals surface area contributed by atoms with Gasteiger partial charge in [0, 0.05) is 6.61 Å². The summed E-state index contributed by atoms with van der Waals surface area (Å²) < 4.78 is 5.72. The molecular weight excluding hydrogens is 204 g/mol. The summed E-state index contributed by atoms with van der Waals surface area (Å²) in [5, 5.41) is 0. The van der Waals surface area contributed by atoms with Gasteiger partial charge in [0.25, 0.3) is 0 Å². The van der Waals surface area contributed by atoms with Crippen molar-refractivity contribution >= 4 is 5.91 Å². The summed E-state index contributed by atoms with van der Waals surface area (Å²) in [5.74, 6) is 0.226. The molecule has 16 heavy (non-hydrogen) atoms. The number of hydrogen-bond acceptors (Lipinski definition) is 3. The van der Waals surface area contributed by atoms with Gasteiger partial charge in [0.15, 0.2) is 0 Å². The topological polar surface area (TPSA) is 78.3 Å². The predicted octanol–water partition coefficient (Wildman–Crippen LogP) is 1.17. The van der Waals surface area contributed by atoms with Gasteiger partial charge in [-0.05, 0) is 39.0 Å². The Balaban J connectivity index is 2.24. The predicted molar refractivity (Wildman–Crippen MR) is 63.8 cm³/mol. The lowest BCUT2D eigenvalue weighted by Gasteiger charge is -2.25. The fourth-order valence-electron chi connectivity index (χ4n) is 2.23. The van der Waals surface area contributed by atoms with Crippen LogP contribution in [-0.2, 0) is 9.53 Å². The number of carbonyl (C=O) groups excluding carboxylic acids is 1. The lowest BCUT2D eigenvalue weighted by atomic mass is 9.95. The number of rotatable bonds is 6. The maximum Gasteiger partial charge on any atom is 0.237 e. The first kappa shape index (κ1) is 13.5. The largest absolute Gasteiger partial charge is 0.378 e. The minimum absolute atomic E-state index is 0.0110. The number of ether oxygens (including phenoxy) is 1. The van der Waals surface area contributed by atoms with Crippen LogP contribution < -0.4 is 11.5 Å². The Bertz CT molecular complexity index is 235. The molecule has 4 nitrogen and oxygen atoms in total. The van der Waals surface area contributed by atoms with Crippen LogP contribution in [0.25, 0.3) is 0 Å². The summed E-state index contributed by atoms with van der Waals surface area (Å²) in [5.41, 5.74) is 10.0. The Labute approximate surface area is 97.7 Å². The smallest absolute Gasteiger partial charge is 0.237 e. The van der Waals surface area contributed by atoms with E-state index in [9.17, 15) is 4.79 Å². The van der Waals surface area contributed by atoms with Crippen molar-refractivity contribution in [1.82, 2.24) is 0 Å². The Morgan fingerprint density at radius 3 is 2.56 bits per heavy atom. The zero-order valence-corrected chi connectivity index (χ0v) is 10.4. The third kappa shape index (κ3) is 4.10. The van der Waals surface area contributed by atoms with Gasteiger partial charge in [0.05, 0.1) is 11.6 Å². The van der Waals surface area contributed by atoms with Crippen molar-refractivity contribution in [2.45, 2.75) is 57.6 Å². The molecule has 1 fully saturated rings. The Kier molecular flexibility index (Phi) is 4.74. The molecule has 0 aliphatic heterocycles. The van der Waals surface area contributed by atoms with Crippen LogP contribution >= 0.6 is 0 Å². The highest BCUT2D eigenvalue weighted by molar-refractivity contribution is 5.83. The molecule has 2 atom stereocenters. The SMILES string of the molecule is CC(CC(C)(N)C(N)=O)OCC1CCCC1. The lowest BCUT2D eigenvalue weighted by molar-refractivity contribution is -0.124. The molecule has 1 saturated carbocycles. The molecule has 4 heteroatoms. The van der Waals surface area contributed by atoms with E-state index in [1.165, 1.54) is 25.7 Å². The minimum atomic E-state index is -0.963. The van der Waals surface area contributed by atoms with Crippen molar-refractivity contribution in [1.29, 1.82) is 0 Å². The molecule has 0 saturated heterocycles. The molecular formula is C12H24N2O2. The van der Waals surface area contributed by atoms with Gasteiger partial charge in [-0.3, -0.25) is 4.79 Å². The van der Waals surface area contributed by atoms with Gasteiger partial charge in [-0.25, -0.2) is 0 Å². The highest BCUT2D eigenvalue weighted by Crippen LogP contribution is 2.25. The standard InChI is InChI=1S/C12H24N2O2/c1-9(7-12(2,14)11(13)15)16-8-10-5-3-4-6-10/h9-10H,3-8,14H2,1-2H3,(H2,13,15). The Morgan fingerprint density at radius 1 is 1.50 bits per heavy atom. The van der Waals surface area contributed by atoms with Crippen molar-refractivity contribution < 1.29 is 9.53 Å². The van der Waals surface area contributed by atoms with Gasteiger partial charge in [0.1, 0.15) is 0 Å². The maximum atomic E-state index is 11.1. The van der Waals surface area contributed by atoms with Crippen molar-refractivity contribution in [2.75, 3.05) is 6.61 Å². The molecule has 0 aromatic rings. The third-order valence-corrected chi connectivity index (χ3v) is 3.37. The average Bonchev–Trinajstić information content (AvgIpc) is 2.66. The number of hydrogen-bond donors (Lipinski definition) is 2. The molecule has 0 heterocycles. The normalized spacial score (nSPS) is 22.9. The first-order valence-corrected chi connectivity index (χ1v) is 6.12. The summed E-state index contributed by atoms with van der Waals surface area (Å²) in [6, 6.07) is 0. The second-order valence-electron chi connectivity index (χ2n) is 5.28. The van der Waals surface area contributed by atoms with E-state index >= 15 is 0 Å². The van der Waals surface area contributed by atoms with E-state index in [-0.39, 0.29) is 6.10 Å². The van der Waals surface area contributed by atoms with Gasteiger partial charge in [-0.1, -0.05) is 12.8 Å². The molecule has 0 aromatic heterocycles. The van der Waals surface area contributed by atoms with Crippen molar-refractivity contribution in [3.8, 4) is 0 Å². The lowest BCUT2D eigenvalue weighted by Crippen LogP contribution is -2.51. The van der Waals surface area contributed by atoms with Crippen molar-refractivity contribution in [3.05, 3.63) is 0 Å². The monoisotopic (exact) mass is 228 g/mol. The molecule has 0 radical (unpaired) electrons. The molecule has 1 amide bonds. The second kappa shape index (κ2) is 5.64. The summed E-state index contributed by atoms with van der Waals surface area (Å²) >= 11 is 0. The first-order chi connectivity index (χ1) is 7.42. The van der Waals surface area contributed by atoms with E-state index < -0.39 is 11.4 Å². The van der Waals surface area contributed by atoms with Gasteiger partial charge in [0.2, 0.25) is 5.91 Å². The number of amides is 1. The van der Waals surface area contributed by atoms with Crippen LogP contribution in [0.15, 0.2) is 0 Å². The first-order valence-electron chi connectivity index (χ1n) is 6.12. The fraction of sp³-hybridized carbons (Fsp3) is 0.917. The van der Waals surface area contributed by atoms with Gasteiger partial charge < -0.3 is 16.2 Å². The van der Waals surface area contributed by atoms with Crippen LogP contribution in [0, 0.1) is 5.92 Å². The van der Waals surface area contributed by atoms with E-state index in [0.29, 0.717) is 12.3 Å². The van der Waals surface area contributed by atoms with Crippen LogP contribution in [0.5, 0.6) is 0 Å². The zero-order valence-electron chi connectivity index (χ0n) is 10.4. The average molecular weight is 228 g/mol. The quantitative estimate of drug-likeness (QED) is 0.716. The summed E-state index contributed by atoms with van der Waals surface area (Å²) in [6.07, 6.45) is 5.64. The number of carbonyl (C=O) groups is 1. The van der Waals surface area contributed by atoms with Gasteiger partial charge >= 0.3 is 0 Å². The highest BCUT2D eigenvalue weighted by atomic mass is 16.5. The second-order valence-corrected chi connectivity index (χ2v) is 5.28. The van der Waals surface area contributed by atoms with Gasteiger partial charge in [-0.15, -0.1) is 0 Å². The van der Waals surface area contributed by atoms with Crippen molar-refractivity contribution in [2.24, 2.45) is 17.4 Å². The summed E-state index contributed by atoms with van der Waals surface area (Å²) in [6.45, 7) is 4.39. The van der Waals surface area contributed by atoms with Crippen LogP contribution in [0.3, 0.4) is 0 Å². The molecule has 4 N–H and O–H groups in total. The zero-order chi connectivity index (χ0) is 12.2. The van der Waals surface area contributed by atoms with E-state index in [2.05, 4.69) is 0 Å². The van der Waals surface area contributed by atoms with Crippen LogP contribution in [0.1, 0.15) is 46.0 Å². The van der Waals surface area contributed by atoms with Crippen LogP contribution in [0.2, 0.25) is 0 Å². The van der Waals surface area contributed by atoms with Crippen molar-refractivity contribution in [3.63, 3.8) is 0 Å². The molecule has 1 rings (SSSR count). The summed E-state index contributed by atoms with van der Waals surface area (Å²) in [7, 11) is 0. The number of nitrogens with two attached hydrogens (primary N) is 2. The highest BCUT2D eigenvalue weighted by Gasteiger charge is 2.28. The van der Waals surface area contributed by atoms with E-state index in [4.69, 9.17) is 16.2 Å². The molecule has 1 aliphatic rings. The minimum Gasteiger partial charge on any atom is -0.378 e. The molecule has 0 spiro atoms. The maximum absolute atomic E-state index is 11.1. The van der Waals surface area contributed by atoms with Crippen LogP contribution in [0.4, 0.5) is 0 Å². The molecule has 1 aliphatic carbocycles. The Morgan fingerprint density at radius 2 is 2.06 bits per heavy atom. The molecule has 0 bridgehead atoms. The summed E-state index contributed by atoms with van der Waals surface area (Å²) in [4.78, 5) is 11.1. The molecule has 0 aromatic carbocycles. The van der Waals surface area contributed by atoms with Gasteiger partial charge in [-0.2, -0.15) is 0 Å². The molecule has 2 unspecified atom stereocenters. The van der Waals surface area contributed by atoms with E-state index in [1.54, 1.807) is 6.92 Å². The molecule has 94 valence electrons. The number of primary amides is 1. The third-order valence-electron chi connectivity index (χ3n) is 3.37. The Hall–Kier alpha value is -0.610.